The molecule has 19 heavy (non-hydrogen) atoms. The van der Waals surface area contributed by atoms with Gasteiger partial charge in [0, 0.05) is 25.1 Å². The molecule has 0 aliphatic heterocycles. The molecule has 0 saturated heterocycles. The van der Waals surface area contributed by atoms with Gasteiger partial charge in [0.25, 0.3) is 0 Å². The zero-order chi connectivity index (χ0) is 13.1. The standard InChI is InChI=1S/C14H13IN2O2/c15-13-5-4-10(9-17-13)18-11-7-12(8-11)19-14-3-1-2-6-16-14/h1-6,9,11-12H,7-8H2. The molecule has 0 atom stereocenters. The van der Waals surface area contributed by atoms with Crippen LogP contribution in [0.4, 0.5) is 0 Å². The van der Waals surface area contributed by atoms with Crippen LogP contribution in [0.2, 0.25) is 0 Å². The summed E-state index contributed by atoms with van der Waals surface area (Å²) in [5, 5.41) is 0. The molecule has 0 bridgehead atoms. The van der Waals surface area contributed by atoms with Gasteiger partial charge in [0.05, 0.1) is 6.20 Å². The van der Waals surface area contributed by atoms with Crippen LogP contribution in [-0.2, 0) is 0 Å². The maximum Gasteiger partial charge on any atom is 0.213 e. The molecule has 2 aromatic rings. The molecule has 5 heteroatoms. The highest BCUT2D eigenvalue weighted by Crippen LogP contribution is 2.28. The van der Waals surface area contributed by atoms with Crippen molar-refractivity contribution in [3.8, 4) is 11.6 Å². The van der Waals surface area contributed by atoms with Crippen molar-refractivity contribution in [3.05, 3.63) is 46.4 Å². The number of aromatic nitrogens is 2. The molecule has 2 aromatic heterocycles. The third kappa shape index (κ3) is 3.34. The molecule has 1 aliphatic carbocycles. The molecular weight excluding hydrogens is 355 g/mol. The van der Waals surface area contributed by atoms with E-state index in [0.717, 1.165) is 22.3 Å². The van der Waals surface area contributed by atoms with Crippen LogP contribution >= 0.6 is 22.6 Å². The Balaban J connectivity index is 1.47. The van der Waals surface area contributed by atoms with E-state index >= 15 is 0 Å². The molecule has 0 amide bonds. The quantitative estimate of drug-likeness (QED) is 0.615. The lowest BCUT2D eigenvalue weighted by molar-refractivity contribution is 0.00208. The molecule has 0 aromatic carbocycles. The topological polar surface area (TPSA) is 44.2 Å². The van der Waals surface area contributed by atoms with Crippen molar-refractivity contribution >= 4 is 22.6 Å². The van der Waals surface area contributed by atoms with Crippen LogP contribution in [0, 0.1) is 3.70 Å². The van der Waals surface area contributed by atoms with Gasteiger partial charge in [-0.1, -0.05) is 6.07 Å². The van der Waals surface area contributed by atoms with Gasteiger partial charge in [-0.2, -0.15) is 0 Å². The first kappa shape index (κ1) is 12.7. The van der Waals surface area contributed by atoms with Gasteiger partial charge < -0.3 is 9.47 Å². The zero-order valence-electron chi connectivity index (χ0n) is 10.2. The van der Waals surface area contributed by atoms with Gasteiger partial charge in [0.1, 0.15) is 21.7 Å². The second-order valence-electron chi connectivity index (χ2n) is 4.44. The Hall–Kier alpha value is -1.37. The van der Waals surface area contributed by atoms with Crippen molar-refractivity contribution in [1.82, 2.24) is 9.97 Å². The van der Waals surface area contributed by atoms with Crippen molar-refractivity contribution in [2.45, 2.75) is 25.0 Å². The van der Waals surface area contributed by atoms with E-state index in [1.54, 1.807) is 12.4 Å². The summed E-state index contributed by atoms with van der Waals surface area (Å²) in [5.41, 5.74) is 0. The van der Waals surface area contributed by atoms with Gasteiger partial charge in [-0.3, -0.25) is 0 Å². The number of pyridine rings is 2. The molecule has 1 aliphatic rings. The minimum absolute atomic E-state index is 0.205. The zero-order valence-corrected chi connectivity index (χ0v) is 12.4. The predicted octanol–water partition coefficient (Wildman–Crippen LogP) is 3.07. The molecule has 0 unspecified atom stereocenters. The van der Waals surface area contributed by atoms with Crippen LogP contribution in [0.5, 0.6) is 11.6 Å². The maximum absolute atomic E-state index is 5.81. The fraction of sp³-hybridized carbons (Fsp3) is 0.286. The highest BCUT2D eigenvalue weighted by atomic mass is 127. The lowest BCUT2D eigenvalue weighted by atomic mass is 9.92. The molecule has 1 saturated carbocycles. The number of hydrogen-bond acceptors (Lipinski definition) is 4. The van der Waals surface area contributed by atoms with E-state index in [1.807, 2.05) is 30.3 Å². The van der Waals surface area contributed by atoms with E-state index in [1.165, 1.54) is 0 Å². The van der Waals surface area contributed by atoms with Gasteiger partial charge >= 0.3 is 0 Å². The largest absolute Gasteiger partial charge is 0.489 e. The van der Waals surface area contributed by atoms with E-state index in [0.29, 0.717) is 5.88 Å². The molecule has 0 N–H and O–H groups in total. The molecule has 2 heterocycles. The van der Waals surface area contributed by atoms with Crippen LogP contribution in [-0.4, -0.2) is 22.2 Å². The lowest BCUT2D eigenvalue weighted by Crippen LogP contribution is -2.41. The second kappa shape index (κ2) is 5.73. The molecule has 3 rings (SSSR count). The van der Waals surface area contributed by atoms with Crippen molar-refractivity contribution in [3.63, 3.8) is 0 Å². The minimum Gasteiger partial charge on any atom is -0.489 e. The Morgan fingerprint density at radius 2 is 1.84 bits per heavy atom. The summed E-state index contributed by atoms with van der Waals surface area (Å²) in [5.74, 6) is 1.50. The number of nitrogens with zero attached hydrogens (tertiary/aromatic N) is 2. The first-order valence-electron chi connectivity index (χ1n) is 6.15. The smallest absolute Gasteiger partial charge is 0.213 e. The fourth-order valence-electron chi connectivity index (χ4n) is 1.92. The summed E-state index contributed by atoms with van der Waals surface area (Å²) in [6.45, 7) is 0. The van der Waals surface area contributed by atoms with Crippen LogP contribution in [0.1, 0.15) is 12.8 Å². The van der Waals surface area contributed by atoms with Gasteiger partial charge in [-0.15, -0.1) is 0 Å². The first-order chi connectivity index (χ1) is 9.29. The summed E-state index contributed by atoms with van der Waals surface area (Å²) in [6, 6.07) is 9.56. The Kier molecular flexibility index (Phi) is 3.82. The van der Waals surface area contributed by atoms with Crippen LogP contribution < -0.4 is 9.47 Å². The van der Waals surface area contributed by atoms with Crippen LogP contribution in [0.25, 0.3) is 0 Å². The normalized spacial score (nSPS) is 21.5. The van der Waals surface area contributed by atoms with Crippen molar-refractivity contribution in [1.29, 1.82) is 0 Å². The Morgan fingerprint density at radius 1 is 1.00 bits per heavy atom. The highest BCUT2D eigenvalue weighted by Gasteiger charge is 2.33. The van der Waals surface area contributed by atoms with Crippen molar-refractivity contribution in [2.75, 3.05) is 0 Å². The van der Waals surface area contributed by atoms with Crippen LogP contribution in [0.15, 0.2) is 42.7 Å². The second-order valence-corrected chi connectivity index (χ2v) is 5.54. The van der Waals surface area contributed by atoms with Crippen molar-refractivity contribution < 1.29 is 9.47 Å². The number of halogens is 1. The molecule has 0 radical (unpaired) electrons. The molecule has 4 nitrogen and oxygen atoms in total. The molecule has 1 fully saturated rings. The monoisotopic (exact) mass is 368 g/mol. The van der Waals surface area contributed by atoms with E-state index < -0.39 is 0 Å². The summed E-state index contributed by atoms with van der Waals surface area (Å²) < 4.78 is 12.5. The molecule has 98 valence electrons. The Morgan fingerprint density at radius 3 is 2.53 bits per heavy atom. The fourth-order valence-corrected chi connectivity index (χ4v) is 2.24. The van der Waals surface area contributed by atoms with Gasteiger partial charge in [-0.05, 0) is 40.8 Å². The minimum atomic E-state index is 0.205. The Labute approximate surface area is 125 Å². The van der Waals surface area contributed by atoms with E-state index in [2.05, 4.69) is 32.6 Å². The molecule has 0 spiro atoms. The summed E-state index contributed by atoms with van der Waals surface area (Å²) in [7, 11) is 0. The van der Waals surface area contributed by atoms with E-state index in [4.69, 9.17) is 9.47 Å². The highest BCUT2D eigenvalue weighted by molar-refractivity contribution is 14.1. The van der Waals surface area contributed by atoms with Gasteiger partial charge in [0.2, 0.25) is 5.88 Å². The predicted molar refractivity (Wildman–Crippen MR) is 79.3 cm³/mol. The van der Waals surface area contributed by atoms with Crippen molar-refractivity contribution in [2.24, 2.45) is 0 Å². The number of ether oxygens (including phenoxy) is 2. The third-order valence-corrected chi connectivity index (χ3v) is 3.62. The average Bonchev–Trinajstić information content (AvgIpc) is 2.40. The molecular formula is C14H13IN2O2. The summed E-state index contributed by atoms with van der Waals surface area (Å²) >= 11 is 2.18. The van der Waals surface area contributed by atoms with Gasteiger partial charge in [0.15, 0.2) is 0 Å². The summed E-state index contributed by atoms with van der Waals surface area (Å²) in [6.07, 6.45) is 5.70. The SMILES string of the molecule is Ic1ccc(OC2CC(Oc3ccccn3)C2)cn1. The third-order valence-electron chi connectivity index (χ3n) is 2.98. The first-order valence-corrected chi connectivity index (χ1v) is 7.23. The number of hydrogen-bond donors (Lipinski definition) is 0. The van der Waals surface area contributed by atoms with Gasteiger partial charge in [-0.25, -0.2) is 9.97 Å². The summed E-state index contributed by atoms with van der Waals surface area (Å²) in [4.78, 5) is 8.34. The number of rotatable bonds is 4. The van der Waals surface area contributed by atoms with Crippen LogP contribution in [0.3, 0.4) is 0 Å². The Bertz CT molecular complexity index is 527. The average molecular weight is 368 g/mol. The lowest BCUT2D eigenvalue weighted by Gasteiger charge is -2.34. The van der Waals surface area contributed by atoms with E-state index in [-0.39, 0.29) is 12.2 Å². The van der Waals surface area contributed by atoms with E-state index in [9.17, 15) is 0 Å². The maximum atomic E-state index is 5.81.